The van der Waals surface area contributed by atoms with Crippen LogP contribution < -0.4 is 4.74 Å². The standard InChI is InChI=1S/C19H20Cl2O3/c1-19(2,3)15-6-4-5-7-16(15)24-17(18(22)23)10-12-8-13(20)11-14(21)9-12/h4-9,11,17H,10H2,1-3H3,(H,22,23)/t17-/m1/s1. The molecule has 0 unspecified atom stereocenters. The number of carbonyl (C=O) groups is 1. The minimum atomic E-state index is -1.03. The van der Waals surface area contributed by atoms with Crippen LogP contribution in [0, 0.1) is 0 Å². The van der Waals surface area contributed by atoms with Gasteiger partial charge in [-0.25, -0.2) is 4.79 Å². The fourth-order valence-corrected chi connectivity index (χ4v) is 3.04. The molecule has 0 amide bonds. The third-order valence-corrected chi connectivity index (χ3v) is 4.02. The molecule has 0 bridgehead atoms. The molecule has 0 spiro atoms. The molecular weight excluding hydrogens is 347 g/mol. The molecule has 0 fully saturated rings. The second-order valence-corrected chi connectivity index (χ2v) is 7.55. The van der Waals surface area contributed by atoms with Gasteiger partial charge in [0.05, 0.1) is 0 Å². The van der Waals surface area contributed by atoms with E-state index in [4.69, 9.17) is 27.9 Å². The molecule has 0 saturated heterocycles. The summed E-state index contributed by atoms with van der Waals surface area (Å²) in [5, 5.41) is 10.5. The predicted octanol–water partition coefficient (Wildman–Crippen LogP) is 5.37. The molecule has 1 N–H and O–H groups in total. The molecule has 1 atom stereocenters. The second kappa shape index (κ2) is 7.45. The Hall–Kier alpha value is -1.71. The highest BCUT2D eigenvalue weighted by atomic mass is 35.5. The van der Waals surface area contributed by atoms with Gasteiger partial charge in [0.25, 0.3) is 0 Å². The van der Waals surface area contributed by atoms with E-state index in [1.54, 1.807) is 24.3 Å². The SMILES string of the molecule is CC(C)(C)c1ccccc1O[C@H](Cc1cc(Cl)cc(Cl)c1)C(=O)O. The highest BCUT2D eigenvalue weighted by Gasteiger charge is 2.25. The van der Waals surface area contributed by atoms with Gasteiger partial charge in [-0.1, -0.05) is 62.2 Å². The minimum absolute atomic E-state index is 0.154. The predicted molar refractivity (Wildman–Crippen MR) is 97.4 cm³/mol. The summed E-state index contributed by atoms with van der Waals surface area (Å²) in [6.07, 6.45) is -0.850. The molecule has 0 heterocycles. The van der Waals surface area contributed by atoms with Gasteiger partial charge in [-0.3, -0.25) is 0 Å². The van der Waals surface area contributed by atoms with Crippen LogP contribution in [-0.2, 0) is 16.6 Å². The summed E-state index contributed by atoms with van der Waals surface area (Å²) >= 11 is 12.0. The lowest BCUT2D eigenvalue weighted by atomic mass is 9.86. The van der Waals surface area contributed by atoms with Crippen molar-refractivity contribution in [3.05, 3.63) is 63.6 Å². The Balaban J connectivity index is 2.29. The quantitative estimate of drug-likeness (QED) is 0.773. The van der Waals surface area contributed by atoms with Gasteiger partial charge in [-0.15, -0.1) is 0 Å². The van der Waals surface area contributed by atoms with Gasteiger partial charge >= 0.3 is 5.97 Å². The Labute approximate surface area is 152 Å². The van der Waals surface area contributed by atoms with Gasteiger partial charge in [0, 0.05) is 16.5 Å². The highest BCUT2D eigenvalue weighted by Crippen LogP contribution is 2.32. The van der Waals surface area contributed by atoms with Crippen LogP contribution in [0.5, 0.6) is 5.75 Å². The maximum atomic E-state index is 11.6. The smallest absolute Gasteiger partial charge is 0.345 e. The summed E-state index contributed by atoms with van der Waals surface area (Å²) in [5.74, 6) is -0.458. The van der Waals surface area contributed by atoms with E-state index in [9.17, 15) is 9.90 Å². The number of hydrogen-bond donors (Lipinski definition) is 1. The first-order valence-corrected chi connectivity index (χ1v) is 8.36. The van der Waals surface area contributed by atoms with Crippen LogP contribution in [0.15, 0.2) is 42.5 Å². The summed E-state index contributed by atoms with van der Waals surface area (Å²) in [6, 6.07) is 12.5. The van der Waals surface area contributed by atoms with Crippen LogP contribution in [0.3, 0.4) is 0 Å². The van der Waals surface area contributed by atoms with Gasteiger partial charge < -0.3 is 9.84 Å². The lowest BCUT2D eigenvalue weighted by Gasteiger charge is -2.25. The maximum absolute atomic E-state index is 11.6. The zero-order chi connectivity index (χ0) is 17.9. The number of carboxylic acids is 1. The zero-order valence-corrected chi connectivity index (χ0v) is 15.4. The summed E-state index contributed by atoms with van der Waals surface area (Å²) in [4.78, 5) is 11.6. The van der Waals surface area contributed by atoms with Crippen LogP contribution in [0.4, 0.5) is 0 Å². The van der Waals surface area contributed by atoms with Crippen molar-refractivity contribution in [2.75, 3.05) is 0 Å². The van der Waals surface area contributed by atoms with Gasteiger partial charge in [-0.2, -0.15) is 0 Å². The van der Waals surface area contributed by atoms with Gasteiger partial charge in [0.2, 0.25) is 0 Å². The number of halogens is 2. The summed E-state index contributed by atoms with van der Waals surface area (Å²) in [7, 11) is 0. The van der Waals surface area contributed by atoms with Gasteiger partial charge in [0.1, 0.15) is 5.75 Å². The van der Waals surface area contributed by atoms with E-state index in [0.717, 1.165) is 5.56 Å². The van der Waals surface area contributed by atoms with Crippen molar-refractivity contribution in [2.45, 2.75) is 38.7 Å². The Bertz CT molecular complexity index is 715. The van der Waals surface area contributed by atoms with Crippen LogP contribution in [-0.4, -0.2) is 17.2 Å². The van der Waals surface area contributed by atoms with E-state index < -0.39 is 12.1 Å². The number of para-hydroxylation sites is 1. The molecule has 2 aromatic carbocycles. The topological polar surface area (TPSA) is 46.5 Å². The third-order valence-electron chi connectivity index (χ3n) is 3.58. The molecule has 3 nitrogen and oxygen atoms in total. The molecular formula is C19H20Cl2O3. The van der Waals surface area contributed by atoms with Crippen molar-refractivity contribution in [2.24, 2.45) is 0 Å². The number of carboxylic acid groups (broad SMARTS) is 1. The number of benzene rings is 2. The van der Waals surface area contributed by atoms with E-state index in [0.29, 0.717) is 21.4 Å². The average Bonchev–Trinajstić information content (AvgIpc) is 2.44. The van der Waals surface area contributed by atoms with E-state index in [1.807, 2.05) is 18.2 Å². The van der Waals surface area contributed by atoms with Crippen LogP contribution in [0.1, 0.15) is 31.9 Å². The summed E-state index contributed by atoms with van der Waals surface area (Å²) < 4.78 is 5.83. The average molecular weight is 367 g/mol. The summed E-state index contributed by atoms with van der Waals surface area (Å²) in [6.45, 7) is 6.17. The summed E-state index contributed by atoms with van der Waals surface area (Å²) in [5.41, 5.74) is 1.52. The zero-order valence-electron chi connectivity index (χ0n) is 13.8. The minimum Gasteiger partial charge on any atom is -0.478 e. The molecule has 24 heavy (non-hydrogen) atoms. The van der Waals surface area contributed by atoms with Crippen molar-refractivity contribution in [3.8, 4) is 5.75 Å². The molecule has 128 valence electrons. The van der Waals surface area contributed by atoms with Crippen LogP contribution in [0.25, 0.3) is 0 Å². The third kappa shape index (κ3) is 4.89. The molecule has 0 radical (unpaired) electrons. The normalized spacial score (nSPS) is 12.7. The first kappa shape index (κ1) is 18.6. The van der Waals surface area contributed by atoms with Crippen molar-refractivity contribution < 1.29 is 14.6 Å². The molecule has 0 aliphatic rings. The van der Waals surface area contributed by atoms with Gasteiger partial charge in [-0.05, 0) is 40.8 Å². The molecule has 0 aliphatic heterocycles. The Morgan fingerprint density at radius 2 is 1.71 bits per heavy atom. The van der Waals surface area contributed by atoms with Crippen molar-refractivity contribution in [1.29, 1.82) is 0 Å². The second-order valence-electron chi connectivity index (χ2n) is 6.67. The van der Waals surface area contributed by atoms with E-state index in [1.165, 1.54) is 0 Å². The van der Waals surface area contributed by atoms with Gasteiger partial charge in [0.15, 0.2) is 6.10 Å². The first-order valence-electron chi connectivity index (χ1n) is 7.61. The van der Waals surface area contributed by atoms with Crippen molar-refractivity contribution in [3.63, 3.8) is 0 Å². The van der Waals surface area contributed by atoms with E-state index in [-0.39, 0.29) is 11.8 Å². The van der Waals surface area contributed by atoms with Crippen molar-refractivity contribution >= 4 is 29.2 Å². The molecule has 2 rings (SSSR count). The Kier molecular flexibility index (Phi) is 5.79. The molecule has 0 aromatic heterocycles. The Morgan fingerprint density at radius 3 is 2.25 bits per heavy atom. The van der Waals surface area contributed by atoms with Crippen molar-refractivity contribution in [1.82, 2.24) is 0 Å². The first-order chi connectivity index (χ1) is 11.2. The monoisotopic (exact) mass is 366 g/mol. The molecule has 2 aromatic rings. The number of hydrogen-bond acceptors (Lipinski definition) is 2. The number of rotatable bonds is 5. The fraction of sp³-hybridized carbons (Fsp3) is 0.316. The lowest BCUT2D eigenvalue weighted by molar-refractivity contribution is -0.145. The lowest BCUT2D eigenvalue weighted by Crippen LogP contribution is -2.30. The number of aliphatic carboxylic acids is 1. The molecule has 5 heteroatoms. The van der Waals surface area contributed by atoms with Crippen LogP contribution in [0.2, 0.25) is 10.0 Å². The largest absolute Gasteiger partial charge is 0.478 e. The molecule has 0 aliphatic carbocycles. The Morgan fingerprint density at radius 1 is 1.12 bits per heavy atom. The number of ether oxygens (including phenoxy) is 1. The molecule has 0 saturated carbocycles. The highest BCUT2D eigenvalue weighted by molar-refractivity contribution is 6.34. The maximum Gasteiger partial charge on any atom is 0.345 e. The van der Waals surface area contributed by atoms with E-state index in [2.05, 4.69) is 20.8 Å². The van der Waals surface area contributed by atoms with E-state index >= 15 is 0 Å². The van der Waals surface area contributed by atoms with Crippen LogP contribution >= 0.6 is 23.2 Å². The fourth-order valence-electron chi connectivity index (χ4n) is 2.46.